The molecule has 0 radical (unpaired) electrons. The molecule has 0 fully saturated rings. The van der Waals surface area contributed by atoms with Crippen LogP contribution >= 0.6 is 22.6 Å². The van der Waals surface area contributed by atoms with E-state index < -0.39 is 5.91 Å². The van der Waals surface area contributed by atoms with Gasteiger partial charge in [0.25, 0.3) is 5.91 Å². The van der Waals surface area contributed by atoms with Crippen LogP contribution in [0.2, 0.25) is 0 Å². The van der Waals surface area contributed by atoms with Crippen molar-refractivity contribution in [3.8, 4) is 5.82 Å². The van der Waals surface area contributed by atoms with E-state index in [1.807, 2.05) is 0 Å². The third-order valence-corrected chi connectivity index (χ3v) is 2.60. The van der Waals surface area contributed by atoms with Gasteiger partial charge in [0.1, 0.15) is 6.33 Å². The number of amides is 1. The van der Waals surface area contributed by atoms with Crippen LogP contribution in [-0.4, -0.2) is 25.7 Å². The summed E-state index contributed by atoms with van der Waals surface area (Å²) in [4.78, 5) is 18.9. The van der Waals surface area contributed by atoms with Gasteiger partial charge < -0.3 is 11.5 Å². The van der Waals surface area contributed by atoms with E-state index >= 15 is 0 Å². The molecule has 8 heteroatoms. The lowest BCUT2D eigenvalue weighted by atomic mass is 10.4. The normalized spacial score (nSPS) is 10.3. The molecule has 0 aromatic carbocycles. The standard InChI is InChI=1S/C8H7IN6O/c9-4-1-12-3-13-8(4)15-2-5(10)6(14-15)7(11)16/h1-3H,10H2,(H2,11,16). The Morgan fingerprint density at radius 3 is 2.81 bits per heavy atom. The summed E-state index contributed by atoms with van der Waals surface area (Å²) in [6.07, 6.45) is 4.51. The highest BCUT2D eigenvalue weighted by Crippen LogP contribution is 2.15. The lowest BCUT2D eigenvalue weighted by Gasteiger charge is -2.00. The van der Waals surface area contributed by atoms with Crippen LogP contribution in [0.1, 0.15) is 10.5 Å². The molecule has 4 N–H and O–H groups in total. The number of carbonyl (C=O) groups is 1. The van der Waals surface area contributed by atoms with Crippen molar-refractivity contribution in [3.05, 3.63) is 28.0 Å². The van der Waals surface area contributed by atoms with Crippen LogP contribution in [0.25, 0.3) is 5.82 Å². The fourth-order valence-electron chi connectivity index (χ4n) is 1.16. The summed E-state index contributed by atoms with van der Waals surface area (Å²) in [5.41, 5.74) is 11.0. The van der Waals surface area contributed by atoms with Crippen LogP contribution in [-0.2, 0) is 0 Å². The lowest BCUT2D eigenvalue weighted by molar-refractivity contribution is 0.0996. The molecule has 16 heavy (non-hydrogen) atoms. The molecule has 0 aliphatic carbocycles. The number of nitrogens with two attached hydrogens (primary N) is 2. The van der Waals surface area contributed by atoms with E-state index in [1.54, 1.807) is 6.20 Å². The van der Waals surface area contributed by atoms with Gasteiger partial charge in [0.15, 0.2) is 11.5 Å². The molecule has 2 heterocycles. The summed E-state index contributed by atoms with van der Waals surface area (Å²) in [6.45, 7) is 0. The van der Waals surface area contributed by atoms with Crippen LogP contribution in [0.15, 0.2) is 18.7 Å². The van der Waals surface area contributed by atoms with Gasteiger partial charge in [-0.3, -0.25) is 4.79 Å². The molecule has 0 bridgehead atoms. The molecule has 0 spiro atoms. The number of hydrogen-bond donors (Lipinski definition) is 2. The Morgan fingerprint density at radius 2 is 2.25 bits per heavy atom. The first-order valence-corrected chi connectivity index (χ1v) is 5.28. The minimum Gasteiger partial charge on any atom is -0.396 e. The maximum atomic E-state index is 11.0. The van der Waals surface area contributed by atoms with Gasteiger partial charge in [-0.2, -0.15) is 5.10 Å². The summed E-state index contributed by atoms with van der Waals surface area (Å²) < 4.78 is 2.19. The van der Waals surface area contributed by atoms with Crippen LogP contribution in [0, 0.1) is 3.57 Å². The fraction of sp³-hybridized carbons (Fsp3) is 0. The topological polar surface area (TPSA) is 113 Å². The highest BCUT2D eigenvalue weighted by Gasteiger charge is 2.14. The van der Waals surface area contributed by atoms with Crippen molar-refractivity contribution in [2.24, 2.45) is 5.73 Å². The second-order valence-corrected chi connectivity index (χ2v) is 4.10. The molecule has 2 aromatic heterocycles. The molecule has 2 rings (SSSR count). The third-order valence-electron chi connectivity index (χ3n) is 1.84. The maximum absolute atomic E-state index is 11.0. The van der Waals surface area contributed by atoms with Gasteiger partial charge in [0.05, 0.1) is 15.5 Å². The van der Waals surface area contributed by atoms with Gasteiger partial charge in [-0.15, -0.1) is 0 Å². The fourth-order valence-corrected chi connectivity index (χ4v) is 1.71. The van der Waals surface area contributed by atoms with E-state index in [4.69, 9.17) is 11.5 Å². The van der Waals surface area contributed by atoms with Gasteiger partial charge in [0.2, 0.25) is 0 Å². The molecule has 0 saturated carbocycles. The zero-order chi connectivity index (χ0) is 11.7. The Morgan fingerprint density at radius 1 is 1.50 bits per heavy atom. The van der Waals surface area contributed by atoms with Gasteiger partial charge in [0, 0.05) is 6.20 Å². The Balaban J connectivity index is 2.54. The van der Waals surface area contributed by atoms with Crippen molar-refractivity contribution in [3.63, 3.8) is 0 Å². The zero-order valence-electron chi connectivity index (χ0n) is 7.96. The highest BCUT2D eigenvalue weighted by atomic mass is 127. The highest BCUT2D eigenvalue weighted by molar-refractivity contribution is 14.1. The number of hydrogen-bond acceptors (Lipinski definition) is 5. The minimum atomic E-state index is -0.666. The number of nitrogen functional groups attached to an aromatic ring is 1. The van der Waals surface area contributed by atoms with Crippen LogP contribution in [0.3, 0.4) is 0 Å². The number of halogens is 1. The molecule has 0 aliphatic heterocycles. The Kier molecular flexibility index (Phi) is 2.73. The van der Waals surface area contributed by atoms with E-state index in [0.717, 1.165) is 3.57 Å². The van der Waals surface area contributed by atoms with E-state index in [0.29, 0.717) is 5.82 Å². The number of anilines is 1. The first-order valence-electron chi connectivity index (χ1n) is 4.20. The van der Waals surface area contributed by atoms with Crippen molar-refractivity contribution in [2.75, 3.05) is 5.73 Å². The number of aromatic nitrogens is 4. The molecule has 2 aromatic rings. The third kappa shape index (κ3) is 1.83. The van der Waals surface area contributed by atoms with Crippen molar-refractivity contribution >= 4 is 34.2 Å². The maximum Gasteiger partial charge on any atom is 0.271 e. The summed E-state index contributed by atoms with van der Waals surface area (Å²) in [6, 6.07) is 0. The van der Waals surface area contributed by atoms with Gasteiger partial charge in [-0.05, 0) is 22.6 Å². The molecule has 7 nitrogen and oxygen atoms in total. The minimum absolute atomic E-state index is 0.0365. The van der Waals surface area contributed by atoms with Crippen molar-refractivity contribution in [2.45, 2.75) is 0 Å². The van der Waals surface area contributed by atoms with Crippen LogP contribution < -0.4 is 11.5 Å². The zero-order valence-corrected chi connectivity index (χ0v) is 10.1. The Bertz CT molecular complexity index is 551. The lowest BCUT2D eigenvalue weighted by Crippen LogP contribution is -2.14. The second kappa shape index (κ2) is 4.04. The van der Waals surface area contributed by atoms with Gasteiger partial charge >= 0.3 is 0 Å². The van der Waals surface area contributed by atoms with E-state index in [2.05, 4.69) is 37.7 Å². The molecule has 0 saturated heterocycles. The summed E-state index contributed by atoms with van der Waals surface area (Å²) in [5, 5.41) is 3.96. The largest absolute Gasteiger partial charge is 0.396 e. The average molecular weight is 330 g/mol. The van der Waals surface area contributed by atoms with Crippen molar-refractivity contribution in [1.82, 2.24) is 19.7 Å². The van der Waals surface area contributed by atoms with Crippen molar-refractivity contribution in [1.29, 1.82) is 0 Å². The molecule has 82 valence electrons. The van der Waals surface area contributed by atoms with Gasteiger partial charge in [-0.1, -0.05) is 0 Å². The van der Waals surface area contributed by atoms with Crippen molar-refractivity contribution < 1.29 is 4.79 Å². The SMILES string of the molecule is NC(=O)c1nn(-c2ncncc2I)cc1N. The number of primary amides is 1. The number of nitrogens with zero attached hydrogens (tertiary/aromatic N) is 4. The monoisotopic (exact) mass is 330 g/mol. The first-order chi connectivity index (χ1) is 7.59. The number of carbonyl (C=O) groups excluding carboxylic acids is 1. The van der Waals surface area contributed by atoms with E-state index in [1.165, 1.54) is 17.2 Å². The number of rotatable bonds is 2. The summed E-state index contributed by atoms with van der Waals surface area (Å²) in [7, 11) is 0. The first kappa shape index (κ1) is 10.8. The Labute approximate surface area is 104 Å². The van der Waals surface area contributed by atoms with Crippen LogP contribution in [0.5, 0.6) is 0 Å². The smallest absolute Gasteiger partial charge is 0.271 e. The second-order valence-electron chi connectivity index (χ2n) is 2.94. The molecule has 0 aliphatic rings. The summed E-state index contributed by atoms with van der Waals surface area (Å²) >= 11 is 2.06. The Hall–Kier alpha value is -1.71. The molecular weight excluding hydrogens is 323 g/mol. The molecule has 0 atom stereocenters. The quantitative estimate of drug-likeness (QED) is 0.750. The van der Waals surface area contributed by atoms with E-state index in [-0.39, 0.29) is 11.4 Å². The average Bonchev–Trinajstić information content (AvgIpc) is 2.61. The molecule has 0 unspecified atom stereocenters. The predicted octanol–water partition coefficient (Wildman–Crippen LogP) is -0.0520. The van der Waals surface area contributed by atoms with Crippen LogP contribution in [0.4, 0.5) is 5.69 Å². The van der Waals surface area contributed by atoms with E-state index in [9.17, 15) is 4.79 Å². The predicted molar refractivity (Wildman–Crippen MR) is 64.8 cm³/mol. The molecular formula is C8H7IN6O. The molecule has 1 amide bonds. The summed E-state index contributed by atoms with van der Waals surface area (Å²) in [5.74, 6) is -0.116. The van der Waals surface area contributed by atoms with Gasteiger partial charge in [-0.25, -0.2) is 14.6 Å².